The van der Waals surface area contributed by atoms with Crippen LogP contribution in [0.4, 0.5) is 4.39 Å². The van der Waals surface area contributed by atoms with Crippen LogP contribution in [0.2, 0.25) is 0 Å². The predicted molar refractivity (Wildman–Crippen MR) is 76.3 cm³/mol. The fourth-order valence-electron chi connectivity index (χ4n) is 2.17. The summed E-state index contributed by atoms with van der Waals surface area (Å²) in [4.78, 5) is 16.6. The summed E-state index contributed by atoms with van der Waals surface area (Å²) in [5.41, 5.74) is 1.76. The number of halogens is 1. The highest BCUT2D eigenvalue weighted by atomic mass is 19.1. The Kier molecular flexibility index (Phi) is 3.03. The van der Waals surface area contributed by atoms with E-state index in [2.05, 4.69) is 4.98 Å². The van der Waals surface area contributed by atoms with E-state index in [4.69, 9.17) is 0 Å². The number of fused-ring (bicyclic) bond motifs is 1. The highest BCUT2D eigenvalue weighted by Crippen LogP contribution is 2.19. The molecule has 3 heteroatoms. The summed E-state index contributed by atoms with van der Waals surface area (Å²) in [5, 5.41) is 0.867. The Balaban J connectivity index is 2.10. The maximum Gasteiger partial charge on any atom is 0.197 e. The number of rotatable bonds is 2. The molecule has 3 aromatic rings. The van der Waals surface area contributed by atoms with E-state index in [-0.39, 0.29) is 11.3 Å². The van der Waals surface area contributed by atoms with Gasteiger partial charge in [-0.3, -0.25) is 9.78 Å². The average molecular weight is 265 g/mol. The Hall–Kier alpha value is -2.55. The van der Waals surface area contributed by atoms with Crippen LogP contribution in [0.3, 0.4) is 0 Å². The zero-order chi connectivity index (χ0) is 14.1. The normalized spacial score (nSPS) is 10.7. The summed E-state index contributed by atoms with van der Waals surface area (Å²) >= 11 is 0. The molecule has 1 heterocycles. The zero-order valence-electron chi connectivity index (χ0n) is 10.9. The average Bonchev–Trinajstić information content (AvgIpc) is 2.49. The van der Waals surface area contributed by atoms with Crippen molar-refractivity contribution in [3.63, 3.8) is 0 Å². The first kappa shape index (κ1) is 12.5. The van der Waals surface area contributed by atoms with Gasteiger partial charge >= 0.3 is 0 Å². The molecule has 3 rings (SSSR count). The first-order chi connectivity index (χ1) is 9.66. The number of hydrogen-bond acceptors (Lipinski definition) is 2. The predicted octanol–water partition coefficient (Wildman–Crippen LogP) is 3.91. The Morgan fingerprint density at radius 2 is 1.90 bits per heavy atom. The van der Waals surface area contributed by atoms with Gasteiger partial charge in [-0.1, -0.05) is 30.3 Å². The van der Waals surface area contributed by atoms with Crippen LogP contribution in [0, 0.1) is 12.7 Å². The van der Waals surface area contributed by atoms with E-state index in [1.165, 1.54) is 12.3 Å². The highest BCUT2D eigenvalue weighted by Gasteiger charge is 2.15. The number of ketones is 1. The molecule has 0 radical (unpaired) electrons. The Bertz CT molecular complexity index is 811. The molecule has 0 aliphatic rings. The number of benzene rings is 2. The summed E-state index contributed by atoms with van der Waals surface area (Å²) in [6, 6.07) is 14.1. The SMILES string of the molecule is Cc1cccc(C(=O)c2cnc3ccccc3c2)c1F. The van der Waals surface area contributed by atoms with Gasteiger partial charge in [0.1, 0.15) is 5.82 Å². The quantitative estimate of drug-likeness (QED) is 0.657. The summed E-state index contributed by atoms with van der Waals surface area (Å²) in [6.07, 6.45) is 1.49. The maximum atomic E-state index is 14.0. The zero-order valence-corrected chi connectivity index (χ0v) is 10.9. The lowest BCUT2D eigenvalue weighted by atomic mass is 10.0. The number of carbonyl (C=O) groups excluding carboxylic acids is 1. The second kappa shape index (κ2) is 4.85. The van der Waals surface area contributed by atoms with Crippen molar-refractivity contribution in [3.8, 4) is 0 Å². The topological polar surface area (TPSA) is 30.0 Å². The third-order valence-corrected chi connectivity index (χ3v) is 3.29. The molecule has 0 saturated carbocycles. The van der Waals surface area contributed by atoms with Crippen LogP contribution in [-0.2, 0) is 0 Å². The highest BCUT2D eigenvalue weighted by molar-refractivity contribution is 6.10. The molecule has 0 atom stereocenters. The van der Waals surface area contributed by atoms with Crippen molar-refractivity contribution in [1.82, 2.24) is 4.98 Å². The van der Waals surface area contributed by atoms with Crippen molar-refractivity contribution < 1.29 is 9.18 Å². The number of hydrogen-bond donors (Lipinski definition) is 0. The van der Waals surface area contributed by atoms with Gasteiger partial charge in [-0.15, -0.1) is 0 Å². The van der Waals surface area contributed by atoms with Crippen molar-refractivity contribution in [2.45, 2.75) is 6.92 Å². The van der Waals surface area contributed by atoms with Crippen LogP contribution in [0.1, 0.15) is 21.5 Å². The number of nitrogens with zero attached hydrogens (tertiary/aromatic N) is 1. The second-order valence-electron chi connectivity index (χ2n) is 4.68. The van der Waals surface area contributed by atoms with Gasteiger partial charge in [-0.2, -0.15) is 0 Å². The van der Waals surface area contributed by atoms with E-state index in [0.717, 1.165) is 10.9 Å². The molecule has 98 valence electrons. The van der Waals surface area contributed by atoms with Crippen LogP contribution in [0.5, 0.6) is 0 Å². The summed E-state index contributed by atoms with van der Waals surface area (Å²) < 4.78 is 14.0. The van der Waals surface area contributed by atoms with Gasteiger partial charge in [0.2, 0.25) is 0 Å². The first-order valence-corrected chi connectivity index (χ1v) is 6.31. The number of pyridine rings is 1. The van der Waals surface area contributed by atoms with Crippen molar-refractivity contribution in [2.75, 3.05) is 0 Å². The van der Waals surface area contributed by atoms with Crippen LogP contribution < -0.4 is 0 Å². The lowest BCUT2D eigenvalue weighted by Gasteiger charge is -2.05. The van der Waals surface area contributed by atoms with Gasteiger partial charge in [-0.05, 0) is 30.7 Å². The van der Waals surface area contributed by atoms with Gasteiger partial charge in [-0.25, -0.2) is 4.39 Å². The van der Waals surface area contributed by atoms with Crippen molar-refractivity contribution in [3.05, 3.63) is 77.2 Å². The molecule has 2 aromatic carbocycles. The van der Waals surface area contributed by atoms with E-state index in [0.29, 0.717) is 11.1 Å². The lowest BCUT2D eigenvalue weighted by Crippen LogP contribution is -2.06. The molecule has 0 N–H and O–H groups in total. The van der Waals surface area contributed by atoms with E-state index >= 15 is 0 Å². The van der Waals surface area contributed by atoms with Crippen LogP contribution in [-0.4, -0.2) is 10.8 Å². The van der Waals surface area contributed by atoms with E-state index in [1.807, 2.05) is 24.3 Å². The molecule has 0 aliphatic carbocycles. The third-order valence-electron chi connectivity index (χ3n) is 3.29. The fraction of sp³-hybridized carbons (Fsp3) is 0.0588. The molecule has 2 nitrogen and oxygen atoms in total. The van der Waals surface area contributed by atoms with Crippen molar-refractivity contribution >= 4 is 16.7 Å². The first-order valence-electron chi connectivity index (χ1n) is 6.31. The van der Waals surface area contributed by atoms with E-state index < -0.39 is 5.82 Å². The molecule has 20 heavy (non-hydrogen) atoms. The van der Waals surface area contributed by atoms with Gasteiger partial charge < -0.3 is 0 Å². The monoisotopic (exact) mass is 265 g/mol. The number of aromatic nitrogens is 1. The maximum absolute atomic E-state index is 14.0. The molecular formula is C17H12FNO. The van der Waals surface area contributed by atoms with Crippen LogP contribution in [0.15, 0.2) is 54.7 Å². The van der Waals surface area contributed by atoms with Gasteiger partial charge in [0.15, 0.2) is 5.78 Å². The minimum absolute atomic E-state index is 0.0853. The second-order valence-corrected chi connectivity index (χ2v) is 4.68. The molecule has 1 aromatic heterocycles. The molecule has 0 unspecified atom stereocenters. The van der Waals surface area contributed by atoms with Crippen LogP contribution in [0.25, 0.3) is 10.9 Å². The Morgan fingerprint density at radius 3 is 2.75 bits per heavy atom. The van der Waals surface area contributed by atoms with Gasteiger partial charge in [0, 0.05) is 17.1 Å². The fourth-order valence-corrected chi connectivity index (χ4v) is 2.17. The molecule has 0 fully saturated rings. The molecule has 0 aliphatic heterocycles. The van der Waals surface area contributed by atoms with Crippen molar-refractivity contribution in [1.29, 1.82) is 0 Å². The Morgan fingerprint density at radius 1 is 1.10 bits per heavy atom. The minimum atomic E-state index is -0.467. The van der Waals surface area contributed by atoms with E-state index in [9.17, 15) is 9.18 Å². The summed E-state index contributed by atoms with van der Waals surface area (Å²) in [7, 11) is 0. The molecule has 0 spiro atoms. The third kappa shape index (κ3) is 2.07. The summed E-state index contributed by atoms with van der Waals surface area (Å²) in [6.45, 7) is 1.64. The number of para-hydroxylation sites is 1. The van der Waals surface area contributed by atoms with Gasteiger partial charge in [0.25, 0.3) is 0 Å². The molecule has 0 bridgehead atoms. The minimum Gasteiger partial charge on any atom is -0.288 e. The Labute approximate surface area is 115 Å². The largest absolute Gasteiger partial charge is 0.288 e. The lowest BCUT2D eigenvalue weighted by molar-refractivity contribution is 0.103. The summed E-state index contributed by atoms with van der Waals surface area (Å²) in [5.74, 6) is -0.810. The number of carbonyl (C=O) groups is 1. The van der Waals surface area contributed by atoms with Crippen molar-refractivity contribution in [2.24, 2.45) is 0 Å². The molecular weight excluding hydrogens is 253 g/mol. The standard InChI is InChI=1S/C17H12FNO/c1-11-5-4-7-14(16(11)18)17(20)13-9-12-6-2-3-8-15(12)19-10-13/h2-10H,1H3. The molecule has 0 amide bonds. The molecule has 0 saturated heterocycles. The smallest absolute Gasteiger partial charge is 0.197 e. The van der Waals surface area contributed by atoms with Crippen LogP contribution >= 0.6 is 0 Å². The van der Waals surface area contributed by atoms with E-state index in [1.54, 1.807) is 25.1 Å². The number of aryl methyl sites for hydroxylation is 1. The van der Waals surface area contributed by atoms with Gasteiger partial charge in [0.05, 0.1) is 11.1 Å².